The highest BCUT2D eigenvalue weighted by Crippen LogP contribution is 2.30. The average Bonchev–Trinajstić information content (AvgIpc) is 3.13. The van der Waals surface area contributed by atoms with E-state index in [0.29, 0.717) is 5.69 Å². The number of methoxy groups -OCH3 is 1. The number of hydrogen-bond donors (Lipinski definition) is 1. The van der Waals surface area contributed by atoms with E-state index in [1.807, 2.05) is 18.2 Å². The zero-order chi connectivity index (χ0) is 17.9. The van der Waals surface area contributed by atoms with Gasteiger partial charge in [0.2, 0.25) is 0 Å². The number of anilines is 1. The number of nitrogens with one attached hydrogen (secondary N) is 1. The zero-order valence-corrected chi connectivity index (χ0v) is 15.2. The van der Waals surface area contributed by atoms with E-state index in [1.54, 1.807) is 7.11 Å². The molecule has 2 heterocycles. The summed E-state index contributed by atoms with van der Waals surface area (Å²) in [6.07, 6.45) is 5.82. The molecule has 0 saturated carbocycles. The number of para-hydroxylation sites is 2. The molecular weight excluding hydrogens is 330 g/mol. The lowest BCUT2D eigenvalue weighted by Gasteiger charge is -2.34. The van der Waals surface area contributed by atoms with Gasteiger partial charge in [-0.1, -0.05) is 17.3 Å². The fourth-order valence-electron chi connectivity index (χ4n) is 3.97. The molecule has 1 aliphatic carbocycles. The Labute approximate surface area is 153 Å². The minimum atomic E-state index is -0.0901. The van der Waals surface area contributed by atoms with E-state index < -0.39 is 0 Å². The predicted octanol–water partition coefficient (Wildman–Crippen LogP) is 2.96. The van der Waals surface area contributed by atoms with Crippen molar-refractivity contribution in [2.75, 3.05) is 25.1 Å². The molecule has 0 unspecified atom stereocenters. The second-order valence-electron chi connectivity index (χ2n) is 7.05. The Morgan fingerprint density at radius 3 is 2.81 bits per heavy atom. The van der Waals surface area contributed by atoms with Crippen LogP contribution in [0.2, 0.25) is 0 Å². The summed E-state index contributed by atoms with van der Waals surface area (Å²) < 4.78 is 10.8. The molecule has 1 aliphatic heterocycles. The lowest BCUT2D eigenvalue weighted by Crippen LogP contribution is -2.45. The Bertz CT molecular complexity index is 778. The fraction of sp³-hybridized carbons (Fsp3) is 0.500. The first-order chi connectivity index (χ1) is 12.8. The Kier molecular flexibility index (Phi) is 4.82. The van der Waals surface area contributed by atoms with Crippen LogP contribution in [-0.2, 0) is 12.8 Å². The van der Waals surface area contributed by atoms with Crippen LogP contribution in [0.5, 0.6) is 5.75 Å². The molecule has 0 spiro atoms. The maximum Gasteiger partial charge on any atom is 0.273 e. The summed E-state index contributed by atoms with van der Waals surface area (Å²) >= 11 is 0. The van der Waals surface area contributed by atoms with Gasteiger partial charge in [-0.3, -0.25) is 4.79 Å². The SMILES string of the molecule is COc1ccccc1N1CCC(NC(=O)c2noc3c2CCCC3)CC1. The van der Waals surface area contributed by atoms with Crippen LogP contribution in [0.4, 0.5) is 5.69 Å². The van der Waals surface area contributed by atoms with Gasteiger partial charge in [0.05, 0.1) is 12.8 Å². The fourth-order valence-corrected chi connectivity index (χ4v) is 3.97. The highest BCUT2D eigenvalue weighted by atomic mass is 16.5. The minimum absolute atomic E-state index is 0.0901. The minimum Gasteiger partial charge on any atom is -0.495 e. The lowest BCUT2D eigenvalue weighted by atomic mass is 9.96. The molecule has 1 aromatic carbocycles. The molecule has 0 atom stereocenters. The molecule has 4 rings (SSSR count). The number of amides is 1. The summed E-state index contributed by atoms with van der Waals surface area (Å²) in [6, 6.07) is 8.24. The summed E-state index contributed by atoms with van der Waals surface area (Å²) in [5.41, 5.74) is 2.62. The van der Waals surface area contributed by atoms with Crippen LogP contribution in [0.1, 0.15) is 47.5 Å². The number of aryl methyl sites for hydroxylation is 1. The van der Waals surface area contributed by atoms with Crippen LogP contribution < -0.4 is 15.0 Å². The first-order valence-corrected chi connectivity index (χ1v) is 9.42. The molecule has 2 aliphatic rings. The van der Waals surface area contributed by atoms with E-state index in [4.69, 9.17) is 9.26 Å². The molecule has 2 aromatic rings. The molecule has 1 fully saturated rings. The number of carbonyl (C=O) groups excluding carboxylic acids is 1. The van der Waals surface area contributed by atoms with Crippen molar-refractivity contribution in [3.05, 3.63) is 41.3 Å². The third kappa shape index (κ3) is 3.28. The zero-order valence-electron chi connectivity index (χ0n) is 15.2. The number of nitrogens with zero attached hydrogens (tertiary/aromatic N) is 2. The van der Waals surface area contributed by atoms with Crippen molar-refractivity contribution >= 4 is 11.6 Å². The van der Waals surface area contributed by atoms with Crippen molar-refractivity contribution in [3.8, 4) is 5.75 Å². The molecule has 1 aromatic heterocycles. The average molecular weight is 355 g/mol. The van der Waals surface area contributed by atoms with Crippen LogP contribution >= 0.6 is 0 Å². The molecule has 138 valence electrons. The molecule has 6 heteroatoms. The lowest BCUT2D eigenvalue weighted by molar-refractivity contribution is 0.0921. The van der Waals surface area contributed by atoms with Crippen molar-refractivity contribution in [1.82, 2.24) is 10.5 Å². The van der Waals surface area contributed by atoms with Gasteiger partial charge in [0.25, 0.3) is 5.91 Å². The van der Waals surface area contributed by atoms with Crippen LogP contribution in [0.25, 0.3) is 0 Å². The Morgan fingerprint density at radius 2 is 2.00 bits per heavy atom. The summed E-state index contributed by atoms with van der Waals surface area (Å²) in [6.45, 7) is 1.78. The Hall–Kier alpha value is -2.50. The van der Waals surface area contributed by atoms with E-state index >= 15 is 0 Å². The molecule has 1 amide bonds. The van der Waals surface area contributed by atoms with Crippen molar-refractivity contribution < 1.29 is 14.1 Å². The van der Waals surface area contributed by atoms with Crippen LogP contribution in [0.3, 0.4) is 0 Å². The summed E-state index contributed by atoms with van der Waals surface area (Å²) in [5.74, 6) is 1.70. The van der Waals surface area contributed by atoms with Crippen LogP contribution in [0.15, 0.2) is 28.8 Å². The maximum absolute atomic E-state index is 12.6. The number of carbonyl (C=O) groups is 1. The largest absolute Gasteiger partial charge is 0.495 e. The van der Waals surface area contributed by atoms with Crippen LogP contribution in [0, 0.1) is 0 Å². The number of rotatable bonds is 4. The predicted molar refractivity (Wildman–Crippen MR) is 98.8 cm³/mol. The summed E-state index contributed by atoms with van der Waals surface area (Å²) in [4.78, 5) is 14.9. The number of fused-ring (bicyclic) bond motifs is 1. The molecule has 1 N–H and O–H groups in total. The molecule has 0 radical (unpaired) electrons. The van der Waals surface area contributed by atoms with E-state index in [2.05, 4.69) is 21.4 Å². The van der Waals surface area contributed by atoms with Crippen molar-refractivity contribution in [2.24, 2.45) is 0 Å². The van der Waals surface area contributed by atoms with Crippen molar-refractivity contribution in [1.29, 1.82) is 0 Å². The van der Waals surface area contributed by atoms with Gasteiger partial charge in [0, 0.05) is 31.1 Å². The molecular formula is C20H25N3O3. The quantitative estimate of drug-likeness (QED) is 0.913. The summed E-state index contributed by atoms with van der Waals surface area (Å²) in [5, 5.41) is 7.19. The van der Waals surface area contributed by atoms with Crippen molar-refractivity contribution in [3.63, 3.8) is 0 Å². The topological polar surface area (TPSA) is 67.6 Å². The second kappa shape index (κ2) is 7.40. The standard InChI is InChI=1S/C20H25N3O3/c1-25-18-9-5-3-7-16(18)23-12-10-14(11-13-23)21-20(24)19-15-6-2-4-8-17(15)26-22-19/h3,5,7,9,14H,2,4,6,8,10-13H2,1H3,(H,21,24). The number of benzene rings is 1. The monoisotopic (exact) mass is 355 g/mol. The van der Waals surface area contributed by atoms with Gasteiger partial charge in [0.1, 0.15) is 11.5 Å². The van der Waals surface area contributed by atoms with E-state index in [9.17, 15) is 4.79 Å². The normalized spacial score (nSPS) is 17.7. The van der Waals surface area contributed by atoms with Gasteiger partial charge in [-0.2, -0.15) is 0 Å². The van der Waals surface area contributed by atoms with Gasteiger partial charge < -0.3 is 19.5 Å². The molecule has 0 bridgehead atoms. The van der Waals surface area contributed by atoms with E-state index in [-0.39, 0.29) is 11.9 Å². The molecule has 6 nitrogen and oxygen atoms in total. The molecule has 26 heavy (non-hydrogen) atoms. The smallest absolute Gasteiger partial charge is 0.273 e. The maximum atomic E-state index is 12.6. The summed E-state index contributed by atoms with van der Waals surface area (Å²) in [7, 11) is 1.70. The van der Waals surface area contributed by atoms with Crippen molar-refractivity contribution in [2.45, 2.75) is 44.6 Å². The highest BCUT2D eigenvalue weighted by Gasteiger charge is 2.27. The van der Waals surface area contributed by atoms with Gasteiger partial charge in [-0.25, -0.2) is 0 Å². The Morgan fingerprint density at radius 1 is 1.23 bits per heavy atom. The van der Waals surface area contributed by atoms with Gasteiger partial charge in [0.15, 0.2) is 5.69 Å². The Balaban J connectivity index is 1.37. The number of aromatic nitrogens is 1. The van der Waals surface area contributed by atoms with Crippen LogP contribution in [-0.4, -0.2) is 37.3 Å². The van der Waals surface area contributed by atoms with E-state index in [0.717, 1.165) is 74.4 Å². The number of ether oxygens (including phenoxy) is 1. The number of piperidine rings is 1. The molecule has 1 saturated heterocycles. The third-order valence-corrected chi connectivity index (χ3v) is 5.42. The van der Waals surface area contributed by atoms with Gasteiger partial charge in [-0.05, 0) is 44.2 Å². The second-order valence-corrected chi connectivity index (χ2v) is 7.05. The third-order valence-electron chi connectivity index (χ3n) is 5.42. The first-order valence-electron chi connectivity index (χ1n) is 9.42. The van der Waals surface area contributed by atoms with E-state index in [1.165, 1.54) is 0 Å². The van der Waals surface area contributed by atoms with Gasteiger partial charge >= 0.3 is 0 Å². The first kappa shape index (κ1) is 16.9. The highest BCUT2D eigenvalue weighted by molar-refractivity contribution is 5.94. The number of hydrogen-bond acceptors (Lipinski definition) is 5. The van der Waals surface area contributed by atoms with Gasteiger partial charge in [-0.15, -0.1) is 0 Å².